The van der Waals surface area contributed by atoms with Gasteiger partial charge in [-0.3, -0.25) is 19.9 Å². The Morgan fingerprint density at radius 1 is 0.154 bits per heavy atom. The number of nitrogens with zero attached hydrogens (tertiary/aromatic N) is 9. The van der Waals surface area contributed by atoms with Crippen molar-refractivity contribution in [2.75, 3.05) is 0 Å². The zero-order chi connectivity index (χ0) is 85.9. The molecule has 0 saturated heterocycles. The van der Waals surface area contributed by atoms with E-state index in [0.29, 0.717) is 0 Å². The van der Waals surface area contributed by atoms with E-state index in [-0.39, 0.29) is 0 Å². The predicted molar refractivity (Wildman–Crippen MR) is 544 cm³/mol. The number of hydrogen-bond donors (Lipinski definition) is 0. The summed E-state index contributed by atoms with van der Waals surface area (Å²) < 4.78 is 7.13. The zero-order valence-electron chi connectivity index (χ0n) is 70.7. The summed E-state index contributed by atoms with van der Waals surface area (Å²) in [4.78, 5) is 29.8. The van der Waals surface area contributed by atoms with Crippen LogP contribution >= 0.6 is 0 Å². The van der Waals surface area contributed by atoms with Gasteiger partial charge < -0.3 is 13.7 Å². The van der Waals surface area contributed by atoms with Crippen LogP contribution in [0.2, 0.25) is 0 Å². The first-order chi connectivity index (χ1) is 64.4. The summed E-state index contributed by atoms with van der Waals surface area (Å²) in [6.45, 7) is 2.14. The van der Waals surface area contributed by atoms with Crippen LogP contribution in [0, 0.1) is 6.92 Å². The summed E-state index contributed by atoms with van der Waals surface area (Å²) in [6.07, 6.45) is 7.13. The van der Waals surface area contributed by atoms with Crippen molar-refractivity contribution in [1.29, 1.82) is 0 Å². The molecule has 9 heteroatoms. The third kappa shape index (κ3) is 12.6. The van der Waals surface area contributed by atoms with E-state index in [2.05, 4.69) is 433 Å². The quantitative estimate of drug-likeness (QED) is 0.134. The molecule has 0 aliphatic carbocycles. The number of aryl methyl sites for hydroxylation is 1. The van der Waals surface area contributed by atoms with Crippen LogP contribution in [-0.4, -0.2) is 43.6 Å². The smallest absolute Gasteiger partial charge is 0.0979 e. The average molecular weight is 1660 g/mol. The van der Waals surface area contributed by atoms with Crippen LogP contribution in [0.4, 0.5) is 0 Å². The van der Waals surface area contributed by atoms with E-state index in [1.54, 1.807) is 24.8 Å². The van der Waals surface area contributed by atoms with E-state index < -0.39 is 0 Å². The van der Waals surface area contributed by atoms with Crippen molar-refractivity contribution in [3.63, 3.8) is 0 Å². The molecule has 0 bridgehead atoms. The molecular formula is C121H77N9. The molecule has 0 aliphatic rings. The highest BCUT2D eigenvalue weighted by atomic mass is 15.0. The Bertz CT molecular complexity index is 9110. The maximum atomic E-state index is 5.44. The second kappa shape index (κ2) is 31.1. The number of fused-ring (bicyclic) bond motifs is 27. The number of para-hydroxylation sites is 6. The summed E-state index contributed by atoms with van der Waals surface area (Å²) in [5.41, 5.74) is 30.9. The van der Waals surface area contributed by atoms with Crippen LogP contribution in [0.1, 0.15) is 5.56 Å². The molecule has 0 saturated carbocycles. The van der Waals surface area contributed by atoms with Crippen molar-refractivity contribution >= 4 is 163 Å². The molecule has 9 nitrogen and oxygen atoms in total. The van der Waals surface area contributed by atoms with E-state index in [1.807, 2.05) is 12.1 Å². The van der Waals surface area contributed by atoms with Gasteiger partial charge in [0.2, 0.25) is 0 Å². The second-order valence-electron chi connectivity index (χ2n) is 33.6. The SMILES string of the molecule is Cc1ccc2c(c1)c1cc(-c3cccc(-n4c5ccccc5c5ccccc54)c3)ccc1c1nccnc21.c1ccc(-c2ccc3c(c2)c2cc(-c4cccc(-n5c6ccccc6c6ccccc65)c4)ccc2c2nccnc32)cc1.c1ccc(-c2nc3c4ccccc4c4cc(-c5cccc(-n6c7ccccc7c7ccccc76)c5)ccc4c3nc2-c2ccccc2)cc1. The van der Waals surface area contributed by atoms with Gasteiger partial charge in [-0.15, -0.1) is 0 Å². The van der Waals surface area contributed by atoms with Crippen LogP contribution in [0.15, 0.2) is 449 Å². The normalized spacial score (nSPS) is 11.7. The third-order valence-corrected chi connectivity index (χ3v) is 26.1. The predicted octanol–water partition coefficient (Wildman–Crippen LogP) is 31.4. The standard InChI is InChI=1S/C46H29N3.C40H25N3.C35H23N3/c1-3-14-30(15-4-1)43-44(31-16-5-2-6-17-31)48-46-39-27-26-33(29-40(39)35-20-7-8-23-38(35)45(46)47-43)32-18-13-19-34(28-32)49-41-24-11-9-21-36(41)37-22-10-12-25-42(37)49;1-2-9-26(10-3-1)28-17-19-33-35(24-28)36-25-29(18-20-34(36)40-39(33)41-21-22-42-40)27-11-8-12-30(23-27)43-37-15-6-4-13-31(37)32-14-5-7-16-38(32)43;1-22-13-15-28-30(19-22)31-21-24(14-16-29(31)35-34(28)36-17-18-37-35)23-7-6-8-25(20-23)38-32-11-4-2-9-26(32)27-10-3-5-12-33(27)38/h1-29H;1-25H;2-21H,1H3. The molecule has 0 spiro atoms. The maximum Gasteiger partial charge on any atom is 0.0979 e. The minimum absolute atomic E-state index is 0.888. The lowest BCUT2D eigenvalue weighted by atomic mass is 9.93. The van der Waals surface area contributed by atoms with Crippen LogP contribution in [0.25, 0.3) is 247 Å². The molecule has 0 radical (unpaired) electrons. The van der Waals surface area contributed by atoms with E-state index in [0.717, 1.165) is 111 Å². The molecule has 0 fully saturated rings. The van der Waals surface area contributed by atoms with Gasteiger partial charge in [0.05, 0.1) is 77.6 Å². The number of hydrogen-bond acceptors (Lipinski definition) is 6. The molecule has 6 aromatic heterocycles. The highest BCUT2D eigenvalue weighted by Crippen LogP contribution is 2.45. The fourth-order valence-electron chi connectivity index (χ4n) is 20.2. The fourth-order valence-corrected chi connectivity index (χ4v) is 20.2. The minimum Gasteiger partial charge on any atom is -0.309 e. The van der Waals surface area contributed by atoms with Crippen LogP contribution in [-0.2, 0) is 0 Å². The minimum atomic E-state index is 0.888. The Labute approximate surface area is 747 Å². The van der Waals surface area contributed by atoms with Crippen molar-refractivity contribution < 1.29 is 0 Å². The first-order valence-corrected chi connectivity index (χ1v) is 44.2. The topological polar surface area (TPSA) is 92.1 Å². The number of benzene rings is 21. The highest BCUT2D eigenvalue weighted by molar-refractivity contribution is 6.27. The molecule has 27 aromatic rings. The second-order valence-corrected chi connectivity index (χ2v) is 33.6. The molecule has 27 rings (SSSR count). The van der Waals surface area contributed by atoms with Gasteiger partial charge in [-0.2, -0.15) is 0 Å². The van der Waals surface area contributed by atoms with E-state index in [4.69, 9.17) is 29.9 Å². The van der Waals surface area contributed by atoms with Crippen LogP contribution in [0.5, 0.6) is 0 Å². The molecule has 0 N–H and O–H groups in total. The van der Waals surface area contributed by atoms with Gasteiger partial charge in [-0.25, -0.2) is 9.97 Å². The number of aromatic nitrogens is 9. The largest absolute Gasteiger partial charge is 0.309 e. The summed E-state index contributed by atoms with van der Waals surface area (Å²) in [6, 6.07) is 152. The lowest BCUT2D eigenvalue weighted by molar-refractivity contribution is 1.18. The first-order valence-electron chi connectivity index (χ1n) is 44.2. The zero-order valence-corrected chi connectivity index (χ0v) is 70.7. The maximum absolute atomic E-state index is 5.44. The Morgan fingerprint density at radius 3 is 0.715 bits per heavy atom. The third-order valence-electron chi connectivity index (χ3n) is 26.1. The molecule has 0 amide bonds. The molecular weight excluding hydrogens is 1580 g/mol. The number of rotatable bonds is 9. The van der Waals surface area contributed by atoms with Gasteiger partial charge in [-0.1, -0.05) is 333 Å². The van der Waals surface area contributed by atoms with Crippen molar-refractivity contribution in [1.82, 2.24) is 43.6 Å². The molecule has 0 aliphatic heterocycles. The summed E-state index contributed by atoms with van der Waals surface area (Å²) in [5, 5.41) is 21.4. The van der Waals surface area contributed by atoms with E-state index >= 15 is 0 Å². The summed E-state index contributed by atoms with van der Waals surface area (Å²) in [5.74, 6) is 0. The van der Waals surface area contributed by atoms with Gasteiger partial charge in [0, 0.05) is 118 Å². The molecule has 0 unspecified atom stereocenters. The van der Waals surface area contributed by atoms with Crippen LogP contribution in [0.3, 0.4) is 0 Å². The Kier molecular flexibility index (Phi) is 18.0. The van der Waals surface area contributed by atoms with Gasteiger partial charge in [0.15, 0.2) is 0 Å². The Hall–Kier alpha value is -17.4. The Balaban J connectivity index is 0.000000106. The Morgan fingerprint density at radius 2 is 0.385 bits per heavy atom. The highest BCUT2D eigenvalue weighted by Gasteiger charge is 2.23. The monoisotopic (exact) mass is 1660 g/mol. The molecule has 21 aromatic carbocycles. The van der Waals surface area contributed by atoms with Gasteiger partial charge in [-0.05, 0) is 181 Å². The first kappa shape index (κ1) is 75.2. The van der Waals surface area contributed by atoms with Crippen LogP contribution < -0.4 is 0 Å². The molecule has 606 valence electrons. The van der Waals surface area contributed by atoms with Gasteiger partial charge >= 0.3 is 0 Å². The van der Waals surface area contributed by atoms with E-state index in [1.165, 1.54) is 142 Å². The van der Waals surface area contributed by atoms with Crippen molar-refractivity contribution in [3.05, 3.63) is 455 Å². The van der Waals surface area contributed by atoms with Crippen molar-refractivity contribution in [2.45, 2.75) is 6.92 Å². The van der Waals surface area contributed by atoms with Crippen molar-refractivity contribution in [3.8, 4) is 84.1 Å². The van der Waals surface area contributed by atoms with Gasteiger partial charge in [0.25, 0.3) is 0 Å². The molecule has 6 heterocycles. The summed E-state index contributed by atoms with van der Waals surface area (Å²) in [7, 11) is 0. The van der Waals surface area contributed by atoms with Crippen molar-refractivity contribution in [2.24, 2.45) is 0 Å². The lowest BCUT2D eigenvalue weighted by Crippen LogP contribution is -1.97. The fraction of sp³-hybridized carbons (Fsp3) is 0.00826. The molecule has 0 atom stereocenters. The van der Waals surface area contributed by atoms with Gasteiger partial charge in [0.1, 0.15) is 0 Å². The van der Waals surface area contributed by atoms with E-state index in [9.17, 15) is 0 Å². The average Bonchev–Trinajstić information content (AvgIpc) is 1.24. The lowest BCUT2D eigenvalue weighted by Gasteiger charge is -2.15. The summed E-state index contributed by atoms with van der Waals surface area (Å²) >= 11 is 0. The molecule has 130 heavy (non-hydrogen) atoms.